The second kappa shape index (κ2) is 9.75. The van der Waals surface area contributed by atoms with Gasteiger partial charge >= 0.3 is 0 Å². The lowest BCUT2D eigenvalue weighted by atomic mass is 10.1. The summed E-state index contributed by atoms with van der Waals surface area (Å²) in [6.45, 7) is 3.81. The summed E-state index contributed by atoms with van der Waals surface area (Å²) < 4.78 is 5.82. The van der Waals surface area contributed by atoms with Gasteiger partial charge in [0.05, 0.1) is 0 Å². The van der Waals surface area contributed by atoms with E-state index < -0.39 is 6.10 Å². The Labute approximate surface area is 167 Å². The summed E-state index contributed by atoms with van der Waals surface area (Å²) in [4.78, 5) is 12.4. The fourth-order valence-corrected chi connectivity index (χ4v) is 3.07. The zero-order chi connectivity index (χ0) is 19.8. The number of ether oxygens (including phenoxy) is 1. The van der Waals surface area contributed by atoms with E-state index in [4.69, 9.17) is 4.74 Å². The molecular formula is C25H27NO2. The van der Waals surface area contributed by atoms with Crippen LogP contribution in [0, 0.1) is 0 Å². The molecule has 0 aromatic heterocycles. The second-order valence-corrected chi connectivity index (χ2v) is 7.08. The molecule has 0 saturated carbocycles. The molecule has 0 spiro atoms. The number of rotatable bonds is 8. The molecule has 0 radical (unpaired) electrons. The van der Waals surface area contributed by atoms with Gasteiger partial charge < -0.3 is 10.1 Å². The minimum absolute atomic E-state index is 0.0901. The van der Waals surface area contributed by atoms with Crippen molar-refractivity contribution in [1.82, 2.24) is 5.32 Å². The van der Waals surface area contributed by atoms with Crippen LogP contribution in [0.1, 0.15) is 25.8 Å². The maximum atomic E-state index is 12.4. The zero-order valence-corrected chi connectivity index (χ0v) is 16.5. The summed E-state index contributed by atoms with van der Waals surface area (Å²) in [7, 11) is 0. The maximum absolute atomic E-state index is 12.4. The normalized spacial score (nSPS) is 12.8. The smallest absolute Gasteiger partial charge is 0.260 e. The van der Waals surface area contributed by atoms with Crippen molar-refractivity contribution in [3.63, 3.8) is 0 Å². The standard InChI is InChI=1S/C25H27NO2/c1-19(13-14-21-9-5-3-6-10-21)26-25(27)20(2)28-24-17-15-23(16-18-24)22-11-7-4-8-12-22/h3-12,15-20H,13-14H2,1-2H3,(H,26,27). The first kappa shape index (κ1) is 19.7. The summed E-state index contributed by atoms with van der Waals surface area (Å²) in [6, 6.07) is 28.4. The number of nitrogens with one attached hydrogen (secondary N) is 1. The molecule has 1 N–H and O–H groups in total. The quantitative estimate of drug-likeness (QED) is 0.585. The number of hydrogen-bond acceptors (Lipinski definition) is 2. The van der Waals surface area contributed by atoms with Crippen molar-refractivity contribution in [2.75, 3.05) is 0 Å². The van der Waals surface area contributed by atoms with Gasteiger partial charge in [-0.2, -0.15) is 0 Å². The first-order valence-corrected chi connectivity index (χ1v) is 9.78. The average Bonchev–Trinajstić information content (AvgIpc) is 2.74. The van der Waals surface area contributed by atoms with Crippen LogP contribution in [0.5, 0.6) is 5.75 Å². The fourth-order valence-electron chi connectivity index (χ4n) is 3.07. The Balaban J connectivity index is 1.48. The van der Waals surface area contributed by atoms with Gasteiger partial charge in [0, 0.05) is 6.04 Å². The molecule has 3 heteroatoms. The molecule has 3 aromatic carbocycles. The lowest BCUT2D eigenvalue weighted by molar-refractivity contribution is -0.127. The van der Waals surface area contributed by atoms with Crippen LogP contribution in [-0.4, -0.2) is 18.1 Å². The van der Waals surface area contributed by atoms with E-state index in [1.165, 1.54) is 5.56 Å². The SMILES string of the molecule is CC(CCc1ccccc1)NC(=O)C(C)Oc1ccc(-c2ccccc2)cc1. The van der Waals surface area contributed by atoms with E-state index in [0.29, 0.717) is 5.75 Å². The van der Waals surface area contributed by atoms with Crippen LogP contribution in [0.25, 0.3) is 11.1 Å². The van der Waals surface area contributed by atoms with Gasteiger partial charge in [0.1, 0.15) is 5.75 Å². The third-order valence-corrected chi connectivity index (χ3v) is 4.74. The highest BCUT2D eigenvalue weighted by Crippen LogP contribution is 2.22. The second-order valence-electron chi connectivity index (χ2n) is 7.08. The highest BCUT2D eigenvalue weighted by molar-refractivity contribution is 5.81. The molecule has 3 rings (SSSR count). The first-order chi connectivity index (χ1) is 13.6. The molecule has 28 heavy (non-hydrogen) atoms. The highest BCUT2D eigenvalue weighted by atomic mass is 16.5. The monoisotopic (exact) mass is 373 g/mol. The molecule has 2 unspecified atom stereocenters. The zero-order valence-electron chi connectivity index (χ0n) is 16.5. The van der Waals surface area contributed by atoms with Gasteiger partial charge in [-0.3, -0.25) is 4.79 Å². The number of carbonyl (C=O) groups is 1. The van der Waals surface area contributed by atoms with E-state index in [1.54, 1.807) is 6.92 Å². The van der Waals surface area contributed by atoms with Crippen molar-refractivity contribution in [2.45, 2.75) is 38.8 Å². The van der Waals surface area contributed by atoms with Crippen LogP contribution < -0.4 is 10.1 Å². The number of hydrogen-bond donors (Lipinski definition) is 1. The van der Waals surface area contributed by atoms with E-state index in [0.717, 1.165) is 24.0 Å². The third kappa shape index (κ3) is 5.71. The Kier molecular flexibility index (Phi) is 6.85. The molecule has 0 aliphatic rings. The van der Waals surface area contributed by atoms with Crippen molar-refractivity contribution < 1.29 is 9.53 Å². The molecule has 0 aliphatic heterocycles. The maximum Gasteiger partial charge on any atom is 0.260 e. The third-order valence-electron chi connectivity index (χ3n) is 4.74. The molecule has 144 valence electrons. The van der Waals surface area contributed by atoms with Gasteiger partial charge in [-0.15, -0.1) is 0 Å². The molecule has 2 atom stereocenters. The molecule has 3 nitrogen and oxygen atoms in total. The van der Waals surface area contributed by atoms with Crippen LogP contribution in [-0.2, 0) is 11.2 Å². The van der Waals surface area contributed by atoms with Crippen LogP contribution in [0.3, 0.4) is 0 Å². The van der Waals surface area contributed by atoms with E-state index in [2.05, 4.69) is 29.6 Å². The Morgan fingerprint density at radius 2 is 1.39 bits per heavy atom. The summed E-state index contributed by atoms with van der Waals surface area (Å²) in [5.74, 6) is 0.604. The highest BCUT2D eigenvalue weighted by Gasteiger charge is 2.17. The summed E-state index contributed by atoms with van der Waals surface area (Å²) in [5.41, 5.74) is 3.57. The Hall–Kier alpha value is -3.07. The molecule has 0 heterocycles. The van der Waals surface area contributed by atoms with Crippen molar-refractivity contribution in [3.8, 4) is 16.9 Å². The van der Waals surface area contributed by atoms with Crippen molar-refractivity contribution in [3.05, 3.63) is 90.5 Å². The minimum Gasteiger partial charge on any atom is -0.481 e. The number of aryl methyl sites for hydroxylation is 1. The number of amides is 1. The largest absolute Gasteiger partial charge is 0.481 e. The van der Waals surface area contributed by atoms with Gasteiger partial charge in [-0.05, 0) is 55.5 Å². The fraction of sp³-hybridized carbons (Fsp3) is 0.240. The van der Waals surface area contributed by atoms with Crippen LogP contribution in [0.2, 0.25) is 0 Å². The van der Waals surface area contributed by atoms with E-state index in [1.807, 2.05) is 67.6 Å². The van der Waals surface area contributed by atoms with Gasteiger partial charge in [0.2, 0.25) is 0 Å². The van der Waals surface area contributed by atoms with Gasteiger partial charge in [-0.25, -0.2) is 0 Å². The lowest BCUT2D eigenvalue weighted by Gasteiger charge is -2.19. The Morgan fingerprint density at radius 1 is 0.821 bits per heavy atom. The van der Waals surface area contributed by atoms with Crippen LogP contribution in [0.4, 0.5) is 0 Å². The summed E-state index contributed by atoms with van der Waals surface area (Å²) in [6.07, 6.45) is 1.30. The molecular weight excluding hydrogens is 346 g/mol. The molecule has 0 aliphatic carbocycles. The van der Waals surface area contributed by atoms with E-state index in [-0.39, 0.29) is 11.9 Å². The molecule has 1 amide bonds. The Bertz CT molecular complexity index is 860. The van der Waals surface area contributed by atoms with Crippen LogP contribution in [0.15, 0.2) is 84.9 Å². The minimum atomic E-state index is -0.540. The number of carbonyl (C=O) groups excluding carboxylic acids is 1. The summed E-state index contributed by atoms with van der Waals surface area (Å²) in [5, 5.41) is 3.04. The van der Waals surface area contributed by atoms with Crippen molar-refractivity contribution >= 4 is 5.91 Å². The van der Waals surface area contributed by atoms with E-state index in [9.17, 15) is 4.79 Å². The topological polar surface area (TPSA) is 38.3 Å². The van der Waals surface area contributed by atoms with Crippen molar-refractivity contribution in [2.24, 2.45) is 0 Å². The summed E-state index contributed by atoms with van der Waals surface area (Å²) >= 11 is 0. The molecule has 0 fully saturated rings. The van der Waals surface area contributed by atoms with Gasteiger partial charge in [0.25, 0.3) is 5.91 Å². The van der Waals surface area contributed by atoms with E-state index >= 15 is 0 Å². The molecule has 0 bridgehead atoms. The predicted molar refractivity (Wildman–Crippen MR) is 114 cm³/mol. The predicted octanol–water partition coefficient (Wildman–Crippen LogP) is 5.26. The molecule has 3 aromatic rings. The van der Waals surface area contributed by atoms with Crippen LogP contribution >= 0.6 is 0 Å². The Morgan fingerprint density at radius 3 is 2.04 bits per heavy atom. The van der Waals surface area contributed by atoms with Gasteiger partial charge in [0.15, 0.2) is 6.10 Å². The van der Waals surface area contributed by atoms with Gasteiger partial charge in [-0.1, -0.05) is 72.8 Å². The first-order valence-electron chi connectivity index (χ1n) is 9.78. The lowest BCUT2D eigenvalue weighted by Crippen LogP contribution is -2.41. The van der Waals surface area contributed by atoms with Crippen molar-refractivity contribution in [1.29, 1.82) is 0 Å². The average molecular weight is 373 g/mol. The number of benzene rings is 3. The molecule has 0 saturated heterocycles.